The van der Waals surface area contributed by atoms with E-state index in [0.717, 1.165) is 16.7 Å². The molecule has 0 N–H and O–H groups in total. The van der Waals surface area contributed by atoms with Crippen molar-refractivity contribution in [3.05, 3.63) is 112 Å². The number of sulfonamides is 1. The van der Waals surface area contributed by atoms with Gasteiger partial charge in [0.25, 0.3) is 0 Å². The highest BCUT2D eigenvalue weighted by Gasteiger charge is 2.26. The molecule has 0 amide bonds. The molecule has 0 fully saturated rings. The molecule has 8 heteroatoms. The van der Waals surface area contributed by atoms with Crippen LogP contribution in [0, 0.1) is 13.8 Å². The van der Waals surface area contributed by atoms with Gasteiger partial charge in [0.2, 0.25) is 10.0 Å². The molecule has 36 heavy (non-hydrogen) atoms. The van der Waals surface area contributed by atoms with Crippen molar-refractivity contribution in [2.24, 2.45) is 4.99 Å². The number of halogens is 1. The standard InChI is InChI=1S/C28H27ClN2O4S/c1-20-4-13-26(14-5-20)36(32,33)31(18-22-7-9-23(29)10-8-22)19-25-12-11-24(35-25)17-30-27-16-21(2)6-15-28(27)34-3/h4-17H,18-19H2,1-3H3. The van der Waals surface area contributed by atoms with Crippen LogP contribution in [-0.4, -0.2) is 26.0 Å². The van der Waals surface area contributed by atoms with Crippen molar-refractivity contribution >= 4 is 33.5 Å². The van der Waals surface area contributed by atoms with E-state index in [0.29, 0.717) is 28.0 Å². The summed E-state index contributed by atoms with van der Waals surface area (Å²) < 4.78 is 39.8. The lowest BCUT2D eigenvalue weighted by Crippen LogP contribution is -2.30. The summed E-state index contributed by atoms with van der Waals surface area (Å²) in [5.41, 5.74) is 3.54. The number of ether oxygens (including phenoxy) is 1. The molecule has 3 aromatic carbocycles. The molecule has 0 aliphatic rings. The maximum Gasteiger partial charge on any atom is 0.243 e. The van der Waals surface area contributed by atoms with Crippen molar-refractivity contribution in [1.82, 2.24) is 4.31 Å². The Bertz CT molecular complexity index is 1460. The van der Waals surface area contributed by atoms with E-state index in [1.54, 1.807) is 61.9 Å². The van der Waals surface area contributed by atoms with Crippen LogP contribution in [0.15, 0.2) is 93.2 Å². The Morgan fingerprint density at radius 1 is 0.917 bits per heavy atom. The predicted octanol–water partition coefficient (Wildman–Crippen LogP) is 6.70. The Labute approximate surface area is 216 Å². The molecular weight excluding hydrogens is 496 g/mol. The monoisotopic (exact) mass is 522 g/mol. The van der Waals surface area contributed by atoms with E-state index in [4.69, 9.17) is 20.8 Å². The Morgan fingerprint density at radius 2 is 1.61 bits per heavy atom. The van der Waals surface area contributed by atoms with E-state index in [2.05, 4.69) is 4.99 Å². The van der Waals surface area contributed by atoms with Crippen LogP contribution < -0.4 is 4.74 Å². The van der Waals surface area contributed by atoms with E-state index in [9.17, 15) is 8.42 Å². The molecule has 0 spiro atoms. The third-order valence-electron chi connectivity index (χ3n) is 5.61. The lowest BCUT2D eigenvalue weighted by molar-refractivity contribution is 0.357. The fourth-order valence-electron chi connectivity index (χ4n) is 3.64. The van der Waals surface area contributed by atoms with E-state index in [-0.39, 0.29) is 18.0 Å². The van der Waals surface area contributed by atoms with Crippen molar-refractivity contribution in [3.63, 3.8) is 0 Å². The summed E-state index contributed by atoms with van der Waals surface area (Å²) in [6.07, 6.45) is 1.60. The van der Waals surface area contributed by atoms with Gasteiger partial charge in [-0.05, 0) is 73.5 Å². The fraction of sp³-hybridized carbons (Fsp3) is 0.179. The van der Waals surface area contributed by atoms with E-state index >= 15 is 0 Å². The van der Waals surface area contributed by atoms with Gasteiger partial charge in [0, 0.05) is 11.6 Å². The summed E-state index contributed by atoms with van der Waals surface area (Å²) in [5.74, 6) is 1.66. The van der Waals surface area contributed by atoms with Gasteiger partial charge in [-0.3, -0.25) is 0 Å². The topological polar surface area (TPSA) is 72.1 Å². The summed E-state index contributed by atoms with van der Waals surface area (Å²) in [5, 5.41) is 0.590. The van der Waals surface area contributed by atoms with Gasteiger partial charge in [-0.2, -0.15) is 4.31 Å². The van der Waals surface area contributed by atoms with Gasteiger partial charge in [0.1, 0.15) is 23.0 Å². The number of hydrogen-bond acceptors (Lipinski definition) is 5. The summed E-state index contributed by atoms with van der Waals surface area (Å²) in [4.78, 5) is 4.72. The molecular formula is C28H27ClN2O4S. The molecule has 0 unspecified atom stereocenters. The summed E-state index contributed by atoms with van der Waals surface area (Å²) in [6, 6.07) is 23.2. The minimum absolute atomic E-state index is 0.0560. The van der Waals surface area contributed by atoms with Gasteiger partial charge in [0.15, 0.2) is 0 Å². The van der Waals surface area contributed by atoms with E-state index < -0.39 is 10.0 Å². The number of nitrogens with zero attached hydrogens (tertiary/aromatic N) is 2. The molecule has 186 valence electrons. The second-order valence-corrected chi connectivity index (χ2v) is 10.8. The highest BCUT2D eigenvalue weighted by Crippen LogP contribution is 2.28. The second kappa shape index (κ2) is 11.1. The number of rotatable bonds is 9. The van der Waals surface area contributed by atoms with Gasteiger partial charge in [-0.1, -0.05) is 47.5 Å². The largest absolute Gasteiger partial charge is 0.494 e. The number of hydrogen-bond donors (Lipinski definition) is 0. The molecule has 0 radical (unpaired) electrons. The first kappa shape index (κ1) is 25.7. The van der Waals surface area contributed by atoms with Crippen LogP contribution >= 0.6 is 11.6 Å². The van der Waals surface area contributed by atoms with E-state index in [1.807, 2.05) is 44.2 Å². The first-order valence-corrected chi connectivity index (χ1v) is 13.1. The zero-order valence-corrected chi connectivity index (χ0v) is 21.9. The third kappa shape index (κ3) is 6.23. The number of aryl methyl sites for hydroxylation is 2. The lowest BCUT2D eigenvalue weighted by Gasteiger charge is -2.21. The first-order chi connectivity index (χ1) is 17.2. The van der Waals surface area contributed by atoms with Crippen molar-refractivity contribution in [2.45, 2.75) is 31.8 Å². The lowest BCUT2D eigenvalue weighted by atomic mass is 10.2. The quantitative estimate of drug-likeness (QED) is 0.229. The van der Waals surface area contributed by atoms with Crippen molar-refractivity contribution in [3.8, 4) is 5.75 Å². The van der Waals surface area contributed by atoms with Crippen LogP contribution in [-0.2, 0) is 23.1 Å². The Balaban J connectivity index is 1.60. The normalized spacial score (nSPS) is 11.9. The van der Waals surface area contributed by atoms with Crippen LogP contribution in [0.2, 0.25) is 5.02 Å². The van der Waals surface area contributed by atoms with Crippen molar-refractivity contribution < 1.29 is 17.6 Å². The smallest absolute Gasteiger partial charge is 0.243 e. The molecule has 4 aromatic rings. The average molecular weight is 523 g/mol. The maximum absolute atomic E-state index is 13.6. The average Bonchev–Trinajstić information content (AvgIpc) is 3.31. The van der Waals surface area contributed by atoms with Crippen LogP contribution in [0.4, 0.5) is 5.69 Å². The predicted molar refractivity (Wildman–Crippen MR) is 143 cm³/mol. The fourth-order valence-corrected chi connectivity index (χ4v) is 5.16. The van der Waals surface area contributed by atoms with E-state index in [1.165, 1.54) is 4.31 Å². The zero-order chi connectivity index (χ0) is 25.7. The number of methoxy groups -OCH3 is 1. The first-order valence-electron chi connectivity index (χ1n) is 11.3. The molecule has 1 aromatic heterocycles. The summed E-state index contributed by atoms with van der Waals surface area (Å²) >= 11 is 6.02. The van der Waals surface area contributed by atoms with Crippen molar-refractivity contribution in [2.75, 3.05) is 7.11 Å². The number of furan rings is 1. The molecule has 0 saturated carbocycles. The third-order valence-corrected chi connectivity index (χ3v) is 7.67. The maximum atomic E-state index is 13.6. The minimum atomic E-state index is -3.79. The zero-order valence-electron chi connectivity index (χ0n) is 20.3. The summed E-state index contributed by atoms with van der Waals surface area (Å²) in [7, 11) is -2.20. The SMILES string of the molecule is COc1ccc(C)cc1N=Cc1ccc(CN(Cc2ccc(Cl)cc2)S(=O)(=O)c2ccc(C)cc2)o1. The van der Waals surface area contributed by atoms with Gasteiger partial charge in [0.05, 0.1) is 24.8 Å². The molecule has 0 aliphatic carbocycles. The highest BCUT2D eigenvalue weighted by molar-refractivity contribution is 7.89. The number of benzene rings is 3. The molecule has 0 bridgehead atoms. The van der Waals surface area contributed by atoms with Gasteiger partial charge >= 0.3 is 0 Å². The van der Waals surface area contributed by atoms with Crippen LogP contribution in [0.1, 0.15) is 28.2 Å². The molecule has 0 atom stereocenters. The Morgan fingerprint density at radius 3 is 2.31 bits per heavy atom. The molecule has 4 rings (SSSR count). The molecule has 1 heterocycles. The Kier molecular flexibility index (Phi) is 7.94. The molecule has 0 saturated heterocycles. The molecule has 0 aliphatic heterocycles. The van der Waals surface area contributed by atoms with Gasteiger partial charge in [-0.15, -0.1) is 0 Å². The van der Waals surface area contributed by atoms with Gasteiger partial charge < -0.3 is 9.15 Å². The highest BCUT2D eigenvalue weighted by atomic mass is 35.5. The van der Waals surface area contributed by atoms with Crippen LogP contribution in [0.25, 0.3) is 0 Å². The van der Waals surface area contributed by atoms with Crippen LogP contribution in [0.3, 0.4) is 0 Å². The second-order valence-electron chi connectivity index (χ2n) is 8.45. The molecule has 6 nitrogen and oxygen atoms in total. The van der Waals surface area contributed by atoms with Gasteiger partial charge in [-0.25, -0.2) is 13.4 Å². The van der Waals surface area contributed by atoms with Crippen molar-refractivity contribution in [1.29, 1.82) is 0 Å². The Hall–Kier alpha value is -3.39. The summed E-state index contributed by atoms with van der Waals surface area (Å²) in [6.45, 7) is 4.12. The van der Waals surface area contributed by atoms with Crippen LogP contribution in [0.5, 0.6) is 5.75 Å². The minimum Gasteiger partial charge on any atom is -0.494 e. The number of aliphatic imine (C=N–C) groups is 1.